The second-order valence-electron chi connectivity index (χ2n) is 9.42. The van der Waals surface area contributed by atoms with Crippen LogP contribution in [0.25, 0.3) is 33.0 Å². The number of H-pyrrole nitrogens is 1. The van der Waals surface area contributed by atoms with Crippen LogP contribution < -0.4 is 0 Å². The summed E-state index contributed by atoms with van der Waals surface area (Å²) < 4.78 is 4.58. The van der Waals surface area contributed by atoms with Crippen LogP contribution in [-0.4, -0.2) is 53.7 Å². The van der Waals surface area contributed by atoms with E-state index in [0.717, 1.165) is 57.9 Å². The number of aromatic amines is 1. The van der Waals surface area contributed by atoms with Crippen LogP contribution in [0.2, 0.25) is 0 Å². The number of para-hydroxylation sites is 2. The van der Waals surface area contributed by atoms with E-state index < -0.39 is 0 Å². The van der Waals surface area contributed by atoms with Crippen LogP contribution in [0.3, 0.4) is 0 Å². The molecular weight excluding hydrogens is 456 g/mol. The van der Waals surface area contributed by atoms with Crippen molar-refractivity contribution in [2.75, 3.05) is 18.8 Å². The summed E-state index contributed by atoms with van der Waals surface area (Å²) in [5.41, 5.74) is 4.20. The molecule has 5 aromatic rings. The third-order valence-electron chi connectivity index (χ3n) is 7.33. The van der Waals surface area contributed by atoms with Gasteiger partial charge in [-0.15, -0.1) is 0 Å². The van der Waals surface area contributed by atoms with E-state index in [0.29, 0.717) is 18.9 Å². The van der Waals surface area contributed by atoms with Gasteiger partial charge in [0.25, 0.3) is 0 Å². The first kappa shape index (κ1) is 22.2. The van der Waals surface area contributed by atoms with Gasteiger partial charge in [0.1, 0.15) is 5.65 Å². The lowest BCUT2D eigenvalue weighted by Crippen LogP contribution is -2.44. The van der Waals surface area contributed by atoms with Gasteiger partial charge in [-0.2, -0.15) is 0 Å². The van der Waals surface area contributed by atoms with Gasteiger partial charge in [-0.05, 0) is 42.4 Å². The van der Waals surface area contributed by atoms with Crippen molar-refractivity contribution in [2.24, 2.45) is 5.92 Å². The maximum atomic E-state index is 13.4. The molecule has 1 N–H and O–H groups in total. The Kier molecular flexibility index (Phi) is 5.76. The molecule has 35 heavy (non-hydrogen) atoms. The Labute approximate surface area is 208 Å². The van der Waals surface area contributed by atoms with Gasteiger partial charge in [0.15, 0.2) is 5.16 Å². The van der Waals surface area contributed by atoms with E-state index >= 15 is 0 Å². The first-order valence-electron chi connectivity index (χ1n) is 12.4. The smallest absolute Gasteiger partial charge is 0.224 e. The standard InChI is InChI=1S/C27H30N6OS/c1-3-35-27-30-21-6-4-5-7-22(21)33(27)15-11-24(34)31-13-9-18(2)23(17-31)32-14-10-19-16-29-26-20(25(19)32)8-12-28-26/h4-8,10,12,14,16,18,23H,3,9,11,13,15,17H2,1-2H3,(H,28,29)/t18-,23+/m1/s1. The molecule has 0 spiro atoms. The number of imidazole rings is 1. The van der Waals surface area contributed by atoms with Crippen LogP contribution >= 0.6 is 11.8 Å². The molecule has 1 fully saturated rings. The van der Waals surface area contributed by atoms with E-state index in [1.54, 1.807) is 11.8 Å². The lowest BCUT2D eigenvalue weighted by atomic mass is 9.92. The average molecular weight is 487 g/mol. The summed E-state index contributed by atoms with van der Waals surface area (Å²) in [6.07, 6.45) is 7.53. The number of piperidine rings is 1. The zero-order valence-corrected chi connectivity index (χ0v) is 21.0. The Morgan fingerprint density at radius 2 is 2.11 bits per heavy atom. The number of likely N-dealkylation sites (tertiary alicyclic amines) is 1. The van der Waals surface area contributed by atoms with E-state index in [1.807, 2.05) is 30.6 Å². The first-order valence-corrected chi connectivity index (χ1v) is 13.4. The van der Waals surface area contributed by atoms with Gasteiger partial charge >= 0.3 is 0 Å². The molecule has 1 aliphatic heterocycles. The third kappa shape index (κ3) is 3.89. The van der Waals surface area contributed by atoms with Crippen LogP contribution in [0.5, 0.6) is 0 Å². The van der Waals surface area contributed by atoms with E-state index in [1.165, 1.54) is 5.52 Å². The van der Waals surface area contributed by atoms with Crippen molar-refractivity contribution in [3.63, 3.8) is 0 Å². The maximum Gasteiger partial charge on any atom is 0.224 e. The summed E-state index contributed by atoms with van der Waals surface area (Å²) in [7, 11) is 0. The molecule has 8 heteroatoms. The molecule has 1 saturated heterocycles. The Balaban J connectivity index is 1.23. The molecule has 6 rings (SSSR count). The fraction of sp³-hybridized carbons (Fsp3) is 0.370. The van der Waals surface area contributed by atoms with E-state index in [-0.39, 0.29) is 11.9 Å². The second-order valence-corrected chi connectivity index (χ2v) is 10.6. The molecule has 1 amide bonds. The van der Waals surface area contributed by atoms with Crippen molar-refractivity contribution in [1.29, 1.82) is 0 Å². The summed E-state index contributed by atoms with van der Waals surface area (Å²) in [6.45, 7) is 6.65. The lowest BCUT2D eigenvalue weighted by Gasteiger charge is -2.38. The highest BCUT2D eigenvalue weighted by Crippen LogP contribution is 2.34. The summed E-state index contributed by atoms with van der Waals surface area (Å²) in [6, 6.07) is 12.7. The largest absolute Gasteiger partial charge is 0.346 e. The Morgan fingerprint density at radius 1 is 1.23 bits per heavy atom. The lowest BCUT2D eigenvalue weighted by molar-refractivity contribution is -0.133. The number of aryl methyl sites for hydroxylation is 1. The molecule has 0 radical (unpaired) electrons. The van der Waals surface area contributed by atoms with E-state index in [2.05, 4.69) is 62.2 Å². The van der Waals surface area contributed by atoms with Crippen molar-refractivity contribution >= 4 is 50.6 Å². The number of hydrogen-bond acceptors (Lipinski definition) is 4. The number of pyridine rings is 1. The Hall–Kier alpha value is -3.26. The molecule has 2 atom stereocenters. The quantitative estimate of drug-likeness (QED) is 0.323. The maximum absolute atomic E-state index is 13.4. The van der Waals surface area contributed by atoms with Crippen LogP contribution in [0.15, 0.2) is 60.1 Å². The molecule has 7 nitrogen and oxygen atoms in total. The number of rotatable bonds is 6. The number of hydrogen-bond donors (Lipinski definition) is 1. The van der Waals surface area contributed by atoms with Gasteiger partial charge in [-0.3, -0.25) is 4.79 Å². The number of nitrogens with zero attached hydrogens (tertiary/aromatic N) is 5. The summed E-state index contributed by atoms with van der Waals surface area (Å²) in [5.74, 6) is 1.66. The summed E-state index contributed by atoms with van der Waals surface area (Å²) in [4.78, 5) is 28.0. The van der Waals surface area contributed by atoms with E-state index in [4.69, 9.17) is 4.98 Å². The van der Waals surface area contributed by atoms with Crippen LogP contribution in [0.4, 0.5) is 0 Å². The number of amides is 1. The summed E-state index contributed by atoms with van der Waals surface area (Å²) in [5, 5.41) is 3.27. The zero-order chi connectivity index (χ0) is 23.9. The number of carbonyl (C=O) groups excluding carboxylic acids is 1. The molecule has 180 valence electrons. The third-order valence-corrected chi connectivity index (χ3v) is 8.19. The number of thioether (sulfide) groups is 1. The summed E-state index contributed by atoms with van der Waals surface area (Å²) >= 11 is 1.73. The van der Waals surface area contributed by atoms with Crippen LogP contribution in [-0.2, 0) is 11.3 Å². The van der Waals surface area contributed by atoms with Gasteiger partial charge in [-0.1, -0.05) is 37.7 Å². The van der Waals surface area contributed by atoms with Crippen molar-refractivity contribution in [1.82, 2.24) is 29.0 Å². The van der Waals surface area contributed by atoms with Crippen LogP contribution in [0.1, 0.15) is 32.7 Å². The molecular formula is C27H30N6OS. The van der Waals surface area contributed by atoms with Gasteiger partial charge in [0.2, 0.25) is 5.91 Å². The monoisotopic (exact) mass is 486 g/mol. The van der Waals surface area contributed by atoms with E-state index in [9.17, 15) is 4.79 Å². The van der Waals surface area contributed by atoms with Crippen molar-refractivity contribution in [3.8, 4) is 0 Å². The molecule has 1 aliphatic rings. The first-order chi connectivity index (χ1) is 17.1. The minimum absolute atomic E-state index is 0.219. The Morgan fingerprint density at radius 3 is 3.00 bits per heavy atom. The SMILES string of the molecule is CCSc1nc2ccccc2n1CCC(=O)N1CC[C@@H](C)[C@@H](n2ccc3cnc4[nH]ccc4c32)C1. The van der Waals surface area contributed by atoms with Gasteiger partial charge in [-0.25, -0.2) is 9.97 Å². The molecule has 0 unspecified atom stereocenters. The average Bonchev–Trinajstić information content (AvgIpc) is 3.59. The number of fused-ring (bicyclic) bond motifs is 4. The Bertz CT molecular complexity index is 1510. The predicted molar refractivity (Wildman–Crippen MR) is 142 cm³/mol. The van der Waals surface area contributed by atoms with Crippen molar-refractivity contribution < 1.29 is 4.79 Å². The molecule has 5 heterocycles. The number of benzene rings is 1. The molecule has 4 aromatic heterocycles. The molecule has 0 saturated carbocycles. The normalized spacial score (nSPS) is 18.7. The highest BCUT2D eigenvalue weighted by molar-refractivity contribution is 7.99. The molecule has 0 bridgehead atoms. The minimum atomic E-state index is 0.219. The second kappa shape index (κ2) is 9.07. The number of nitrogens with one attached hydrogen (secondary N) is 1. The van der Waals surface area contributed by atoms with Crippen molar-refractivity contribution in [3.05, 3.63) is 55.0 Å². The predicted octanol–water partition coefficient (Wildman–Crippen LogP) is 5.48. The highest BCUT2D eigenvalue weighted by atomic mass is 32.2. The van der Waals surface area contributed by atoms with Gasteiger partial charge in [0.05, 0.1) is 22.6 Å². The van der Waals surface area contributed by atoms with Gasteiger partial charge < -0.3 is 19.0 Å². The minimum Gasteiger partial charge on any atom is -0.346 e. The van der Waals surface area contributed by atoms with Gasteiger partial charge in [0, 0.05) is 55.4 Å². The van der Waals surface area contributed by atoms with Crippen molar-refractivity contribution in [2.45, 2.75) is 44.4 Å². The zero-order valence-electron chi connectivity index (χ0n) is 20.1. The number of aromatic nitrogens is 5. The fourth-order valence-electron chi connectivity index (χ4n) is 5.44. The molecule has 1 aromatic carbocycles. The highest BCUT2D eigenvalue weighted by Gasteiger charge is 2.31. The topological polar surface area (TPSA) is 71.7 Å². The fourth-order valence-corrected chi connectivity index (χ4v) is 6.21. The number of carbonyl (C=O) groups is 1. The molecule has 0 aliphatic carbocycles. The van der Waals surface area contributed by atoms with Crippen LogP contribution in [0, 0.1) is 5.92 Å².